The van der Waals surface area contributed by atoms with Gasteiger partial charge in [-0.25, -0.2) is 4.79 Å². The summed E-state index contributed by atoms with van der Waals surface area (Å²) in [5.74, 6) is 0. The molecule has 0 atom stereocenters. The van der Waals surface area contributed by atoms with Crippen LogP contribution in [0.15, 0.2) is 36.7 Å². The van der Waals surface area contributed by atoms with E-state index in [0.717, 1.165) is 20.0 Å². The molecular formula is C21H24ClN3O3S. The van der Waals surface area contributed by atoms with Crippen LogP contribution in [0.3, 0.4) is 0 Å². The molecule has 0 saturated heterocycles. The van der Waals surface area contributed by atoms with Gasteiger partial charge in [0.2, 0.25) is 0 Å². The van der Waals surface area contributed by atoms with Crippen LogP contribution in [0, 0.1) is 0 Å². The molecule has 154 valence electrons. The topological polar surface area (TPSA) is 64.5 Å². The Morgan fingerprint density at radius 1 is 1.34 bits per heavy atom. The Kier molecular flexibility index (Phi) is 4.88. The van der Waals surface area contributed by atoms with Crippen LogP contribution in [0.2, 0.25) is 5.02 Å². The van der Waals surface area contributed by atoms with Gasteiger partial charge in [0.25, 0.3) is 0 Å². The van der Waals surface area contributed by atoms with Gasteiger partial charge in [-0.2, -0.15) is 0 Å². The summed E-state index contributed by atoms with van der Waals surface area (Å²) in [5, 5.41) is 0.611. The fourth-order valence-corrected chi connectivity index (χ4v) is 3.81. The maximum absolute atomic E-state index is 12.7. The highest BCUT2D eigenvalue weighted by atomic mass is 35.5. The molecule has 3 heterocycles. The number of pyridine rings is 2. The molecule has 0 spiro atoms. The SMILES string of the molecule is [2H]C([2H])([2H])OC([2H])([2H])CN(Cc1ccc(-c2cc3nccc(Cl)c3s2)nc1)C(=O)OC(C)(C)C. The van der Waals surface area contributed by atoms with E-state index in [0.29, 0.717) is 16.3 Å². The summed E-state index contributed by atoms with van der Waals surface area (Å²) in [5.41, 5.74) is 1.22. The van der Waals surface area contributed by atoms with Crippen LogP contribution >= 0.6 is 22.9 Å². The highest BCUT2D eigenvalue weighted by Crippen LogP contribution is 2.35. The predicted molar refractivity (Wildman–Crippen MR) is 116 cm³/mol. The Morgan fingerprint density at radius 3 is 2.83 bits per heavy atom. The fraction of sp³-hybridized carbons (Fsp3) is 0.381. The summed E-state index contributed by atoms with van der Waals surface area (Å²) in [7, 11) is -2.96. The van der Waals surface area contributed by atoms with Crippen molar-refractivity contribution in [1.82, 2.24) is 14.9 Å². The van der Waals surface area contributed by atoms with Crippen LogP contribution in [0.25, 0.3) is 20.8 Å². The molecule has 3 aromatic rings. The summed E-state index contributed by atoms with van der Waals surface area (Å²) >= 11 is 7.69. The molecule has 1 amide bonds. The zero-order chi connectivity index (χ0) is 25.3. The Hall–Kier alpha value is -2.22. The first-order chi connectivity index (χ1) is 15.6. The maximum Gasteiger partial charge on any atom is 0.410 e. The van der Waals surface area contributed by atoms with Gasteiger partial charge in [0.1, 0.15) is 5.60 Å². The molecule has 0 aliphatic rings. The number of aromatic nitrogens is 2. The molecular weight excluding hydrogens is 410 g/mol. The van der Waals surface area contributed by atoms with E-state index in [1.807, 2.05) is 6.07 Å². The molecule has 0 N–H and O–H groups in total. The van der Waals surface area contributed by atoms with E-state index in [9.17, 15) is 4.79 Å². The number of ether oxygens (including phenoxy) is 2. The van der Waals surface area contributed by atoms with Gasteiger partial charge >= 0.3 is 6.09 Å². The van der Waals surface area contributed by atoms with Crippen molar-refractivity contribution in [3.05, 3.63) is 47.2 Å². The van der Waals surface area contributed by atoms with Crippen LogP contribution in [0.5, 0.6) is 0 Å². The third-order valence-corrected chi connectivity index (χ3v) is 5.40. The smallest absolute Gasteiger partial charge is 0.410 e. The van der Waals surface area contributed by atoms with Gasteiger partial charge in [0, 0.05) is 26.0 Å². The molecule has 3 rings (SSSR count). The minimum atomic E-state index is -2.96. The quantitative estimate of drug-likeness (QED) is 0.515. The monoisotopic (exact) mass is 438 g/mol. The molecule has 8 heteroatoms. The molecule has 0 aliphatic carbocycles. The number of hydrogen-bond donors (Lipinski definition) is 0. The molecule has 29 heavy (non-hydrogen) atoms. The minimum Gasteiger partial charge on any atom is -0.444 e. The van der Waals surface area contributed by atoms with E-state index < -0.39 is 31.8 Å². The Morgan fingerprint density at radius 2 is 2.17 bits per heavy atom. The number of carbonyl (C=O) groups excluding carboxylic acids is 1. The molecule has 0 radical (unpaired) electrons. The molecule has 0 unspecified atom stereocenters. The van der Waals surface area contributed by atoms with Crippen molar-refractivity contribution in [2.24, 2.45) is 0 Å². The van der Waals surface area contributed by atoms with Gasteiger partial charge in [-0.05, 0) is 44.5 Å². The van der Waals surface area contributed by atoms with Crippen molar-refractivity contribution in [3.8, 4) is 10.6 Å². The van der Waals surface area contributed by atoms with Crippen molar-refractivity contribution >= 4 is 39.2 Å². The molecule has 3 aromatic heterocycles. The van der Waals surface area contributed by atoms with Crippen molar-refractivity contribution in [2.45, 2.75) is 32.9 Å². The lowest BCUT2D eigenvalue weighted by molar-refractivity contribution is 0.0184. The molecule has 0 aromatic carbocycles. The maximum atomic E-state index is 12.7. The van der Waals surface area contributed by atoms with Gasteiger partial charge in [-0.15, -0.1) is 11.3 Å². The summed E-state index contributed by atoms with van der Waals surface area (Å²) in [6.07, 6.45) is 2.39. The van der Waals surface area contributed by atoms with Crippen LogP contribution in [-0.4, -0.2) is 46.7 Å². The number of rotatable bonds is 6. The van der Waals surface area contributed by atoms with Gasteiger partial charge in [0.15, 0.2) is 0 Å². The second-order valence-electron chi connectivity index (χ2n) is 7.25. The number of fused-ring (bicyclic) bond motifs is 1. The van der Waals surface area contributed by atoms with Crippen molar-refractivity contribution < 1.29 is 21.1 Å². The number of nitrogens with zero attached hydrogens (tertiary/aromatic N) is 3. The van der Waals surface area contributed by atoms with Crippen molar-refractivity contribution in [2.75, 3.05) is 20.1 Å². The lowest BCUT2D eigenvalue weighted by atomic mass is 10.2. The number of halogens is 1. The summed E-state index contributed by atoms with van der Waals surface area (Å²) in [6, 6.07) is 7.14. The van der Waals surface area contributed by atoms with E-state index in [-0.39, 0.29) is 6.54 Å². The van der Waals surface area contributed by atoms with E-state index in [2.05, 4.69) is 14.7 Å². The van der Waals surface area contributed by atoms with Gasteiger partial charge < -0.3 is 14.4 Å². The van der Waals surface area contributed by atoms with Crippen LogP contribution in [0.4, 0.5) is 4.79 Å². The normalized spacial score (nSPS) is 15.1. The van der Waals surface area contributed by atoms with Gasteiger partial charge in [-0.1, -0.05) is 17.7 Å². The van der Waals surface area contributed by atoms with Gasteiger partial charge in [-0.3, -0.25) is 9.97 Å². The van der Waals surface area contributed by atoms with Crippen LogP contribution in [-0.2, 0) is 16.0 Å². The Balaban J connectivity index is 1.81. The molecule has 0 bridgehead atoms. The molecule has 0 fully saturated rings. The summed E-state index contributed by atoms with van der Waals surface area (Å²) in [6.45, 7) is 1.70. The van der Waals surface area contributed by atoms with Crippen LogP contribution < -0.4 is 0 Å². The lowest BCUT2D eigenvalue weighted by Gasteiger charge is -2.27. The van der Waals surface area contributed by atoms with Crippen molar-refractivity contribution in [1.29, 1.82) is 0 Å². The summed E-state index contributed by atoms with van der Waals surface area (Å²) in [4.78, 5) is 23.4. The third-order valence-electron chi connectivity index (χ3n) is 3.79. The minimum absolute atomic E-state index is 0.0636. The average molecular weight is 439 g/mol. The van der Waals surface area contributed by atoms with E-state index in [1.165, 1.54) is 11.3 Å². The second kappa shape index (κ2) is 9.07. The number of methoxy groups -OCH3 is 1. The largest absolute Gasteiger partial charge is 0.444 e. The number of carbonyl (C=O) groups is 1. The van der Waals surface area contributed by atoms with E-state index in [1.54, 1.807) is 51.4 Å². The second-order valence-corrected chi connectivity index (χ2v) is 8.71. The fourth-order valence-electron chi connectivity index (χ4n) is 2.54. The standard InChI is InChI=1S/C21H24ClN3O3S/c1-21(2,3)28-20(26)25(9-10-27-4)13-14-5-6-16(24-12-14)18-11-17-19(29-18)15(22)7-8-23-17/h5-8,11-12H,9-10,13H2,1-4H3/i4D3,10D2. The van der Waals surface area contributed by atoms with Gasteiger partial charge in [0.05, 0.1) is 45.8 Å². The number of amides is 1. The highest BCUT2D eigenvalue weighted by Gasteiger charge is 2.22. The number of hydrogen-bond acceptors (Lipinski definition) is 6. The molecule has 0 aliphatic heterocycles. The van der Waals surface area contributed by atoms with Crippen molar-refractivity contribution in [3.63, 3.8) is 0 Å². The first kappa shape index (κ1) is 15.6. The average Bonchev–Trinajstić information content (AvgIpc) is 3.10. The zero-order valence-corrected chi connectivity index (χ0v) is 17.8. The molecule has 0 saturated carbocycles. The molecule has 6 nitrogen and oxygen atoms in total. The third kappa shape index (κ3) is 5.65. The predicted octanol–water partition coefficient (Wildman–Crippen LogP) is 5.40. The number of thiophene rings is 1. The summed E-state index contributed by atoms with van der Waals surface area (Å²) < 4.78 is 48.2. The Bertz CT molecular complexity index is 1160. The highest BCUT2D eigenvalue weighted by molar-refractivity contribution is 7.22. The lowest BCUT2D eigenvalue weighted by Crippen LogP contribution is -2.38. The van der Waals surface area contributed by atoms with E-state index >= 15 is 0 Å². The Labute approximate surface area is 186 Å². The zero-order valence-electron chi connectivity index (χ0n) is 21.2. The first-order valence-corrected chi connectivity index (χ1v) is 9.99. The first-order valence-electron chi connectivity index (χ1n) is 11.3. The van der Waals surface area contributed by atoms with Crippen LogP contribution in [0.1, 0.15) is 33.2 Å². The van der Waals surface area contributed by atoms with E-state index in [4.69, 9.17) is 23.2 Å².